The number of halogens is 2. The van der Waals surface area contributed by atoms with Gasteiger partial charge in [-0.2, -0.15) is 0 Å². The molecule has 0 aliphatic heterocycles. The van der Waals surface area contributed by atoms with Crippen LogP contribution in [0, 0.1) is 0 Å². The highest BCUT2D eigenvalue weighted by atomic mass is 19.3. The number of hydrogen-bond acceptors (Lipinski definition) is 2. The molecule has 1 fully saturated rings. The van der Waals surface area contributed by atoms with Crippen molar-refractivity contribution in [2.24, 2.45) is 0 Å². The number of rotatable bonds is 6. The number of amides is 1. The van der Waals surface area contributed by atoms with Crippen LogP contribution in [0.15, 0.2) is 0 Å². The summed E-state index contributed by atoms with van der Waals surface area (Å²) in [6.07, 6.45) is -0.371. The van der Waals surface area contributed by atoms with Gasteiger partial charge in [-0.15, -0.1) is 0 Å². The van der Waals surface area contributed by atoms with Crippen LogP contribution in [-0.4, -0.2) is 43.4 Å². The zero-order chi connectivity index (χ0) is 10.6. The van der Waals surface area contributed by atoms with Gasteiger partial charge in [-0.05, 0) is 19.9 Å². The second kappa shape index (κ2) is 5.24. The van der Waals surface area contributed by atoms with Crippen molar-refractivity contribution in [1.29, 1.82) is 0 Å². The normalized spacial score (nSPS) is 16.0. The monoisotopic (exact) mass is 206 g/mol. The maximum absolute atomic E-state index is 12.1. The molecular weight excluding hydrogens is 190 g/mol. The summed E-state index contributed by atoms with van der Waals surface area (Å²) >= 11 is 0. The van der Waals surface area contributed by atoms with Crippen molar-refractivity contribution in [1.82, 2.24) is 10.2 Å². The summed E-state index contributed by atoms with van der Waals surface area (Å²) in [4.78, 5) is 12.8. The molecule has 0 bridgehead atoms. The number of nitrogens with zero attached hydrogens (tertiary/aromatic N) is 1. The van der Waals surface area contributed by atoms with E-state index in [0.29, 0.717) is 13.0 Å². The summed E-state index contributed by atoms with van der Waals surface area (Å²) in [5.41, 5.74) is 0. The molecule has 0 aromatic heterocycles. The molecule has 82 valence electrons. The van der Waals surface area contributed by atoms with Gasteiger partial charge in [0.1, 0.15) is 0 Å². The minimum Gasteiger partial charge on any atom is -0.334 e. The highest BCUT2D eigenvalue weighted by molar-refractivity contribution is 5.77. The fourth-order valence-corrected chi connectivity index (χ4v) is 1.36. The summed E-state index contributed by atoms with van der Waals surface area (Å²) in [7, 11) is 1.74. The summed E-state index contributed by atoms with van der Waals surface area (Å²) in [6.45, 7) is 0.137. The zero-order valence-corrected chi connectivity index (χ0v) is 8.30. The predicted octanol–water partition coefficient (Wildman–Crippen LogP) is 0.852. The van der Waals surface area contributed by atoms with Crippen LogP contribution < -0.4 is 5.32 Å². The van der Waals surface area contributed by atoms with Gasteiger partial charge in [0.25, 0.3) is 6.43 Å². The van der Waals surface area contributed by atoms with Crippen molar-refractivity contribution in [3.63, 3.8) is 0 Å². The van der Waals surface area contributed by atoms with Crippen LogP contribution in [0.4, 0.5) is 8.78 Å². The van der Waals surface area contributed by atoms with Crippen LogP contribution in [0.1, 0.15) is 19.3 Å². The van der Waals surface area contributed by atoms with Crippen molar-refractivity contribution in [3.05, 3.63) is 0 Å². The third-order valence-electron chi connectivity index (χ3n) is 2.23. The summed E-state index contributed by atoms with van der Waals surface area (Å²) in [5, 5.41) is 2.83. The van der Waals surface area contributed by atoms with Gasteiger partial charge in [0.15, 0.2) is 0 Å². The minimum absolute atomic E-state index is 0.0772. The van der Waals surface area contributed by atoms with E-state index >= 15 is 0 Å². The Balaban J connectivity index is 2.36. The van der Waals surface area contributed by atoms with Gasteiger partial charge in [-0.3, -0.25) is 4.79 Å². The molecule has 0 radical (unpaired) electrons. The molecule has 3 nitrogen and oxygen atoms in total. The molecule has 1 rings (SSSR count). The van der Waals surface area contributed by atoms with Gasteiger partial charge in [0.2, 0.25) is 5.91 Å². The van der Waals surface area contributed by atoms with Crippen molar-refractivity contribution in [2.75, 3.05) is 20.1 Å². The third kappa shape index (κ3) is 3.57. The molecule has 0 spiro atoms. The maximum Gasteiger partial charge on any atom is 0.255 e. The quantitative estimate of drug-likeness (QED) is 0.698. The molecule has 0 saturated heterocycles. The Bertz CT molecular complexity index is 195. The molecule has 1 aliphatic carbocycles. The van der Waals surface area contributed by atoms with Crippen molar-refractivity contribution >= 4 is 5.91 Å². The van der Waals surface area contributed by atoms with Crippen LogP contribution in [0.5, 0.6) is 0 Å². The molecule has 1 aliphatic rings. The van der Waals surface area contributed by atoms with Gasteiger partial charge in [-0.1, -0.05) is 0 Å². The van der Waals surface area contributed by atoms with E-state index in [0.717, 1.165) is 12.8 Å². The first kappa shape index (κ1) is 11.4. The molecule has 14 heavy (non-hydrogen) atoms. The Hall–Kier alpha value is -0.710. The van der Waals surface area contributed by atoms with Crippen molar-refractivity contribution in [2.45, 2.75) is 31.7 Å². The van der Waals surface area contributed by atoms with Gasteiger partial charge in [0.05, 0.1) is 6.54 Å². The lowest BCUT2D eigenvalue weighted by Crippen LogP contribution is -2.38. The first-order valence-electron chi connectivity index (χ1n) is 4.87. The summed E-state index contributed by atoms with van der Waals surface area (Å²) in [6, 6.07) is 0.0772. The van der Waals surface area contributed by atoms with Crippen LogP contribution in [-0.2, 0) is 4.79 Å². The van der Waals surface area contributed by atoms with Crippen molar-refractivity contribution in [3.8, 4) is 0 Å². The van der Waals surface area contributed by atoms with E-state index in [1.165, 1.54) is 4.90 Å². The SMILES string of the molecule is CNCCC(=O)N(CC(F)F)C1CC1. The van der Waals surface area contributed by atoms with E-state index in [2.05, 4.69) is 5.32 Å². The highest BCUT2D eigenvalue weighted by Gasteiger charge is 2.33. The molecular formula is C9H16F2N2O. The van der Waals surface area contributed by atoms with E-state index in [1.807, 2.05) is 0 Å². The number of carbonyl (C=O) groups is 1. The van der Waals surface area contributed by atoms with E-state index in [-0.39, 0.29) is 11.9 Å². The molecule has 5 heteroatoms. The lowest BCUT2D eigenvalue weighted by molar-refractivity contribution is -0.133. The van der Waals surface area contributed by atoms with Gasteiger partial charge < -0.3 is 10.2 Å². The van der Waals surface area contributed by atoms with Crippen LogP contribution in [0.3, 0.4) is 0 Å². The lowest BCUT2D eigenvalue weighted by Gasteiger charge is -2.21. The topological polar surface area (TPSA) is 32.3 Å². The second-order valence-corrected chi connectivity index (χ2v) is 3.52. The van der Waals surface area contributed by atoms with Crippen LogP contribution in [0.2, 0.25) is 0 Å². The molecule has 1 saturated carbocycles. The van der Waals surface area contributed by atoms with Crippen LogP contribution >= 0.6 is 0 Å². The standard InChI is InChI=1S/C9H16F2N2O/c1-12-5-4-9(14)13(6-8(10)11)7-2-3-7/h7-8,12H,2-6H2,1H3. The number of nitrogens with one attached hydrogen (secondary N) is 1. The van der Waals surface area contributed by atoms with E-state index in [1.54, 1.807) is 7.05 Å². The summed E-state index contributed by atoms with van der Waals surface area (Å²) < 4.78 is 24.3. The highest BCUT2D eigenvalue weighted by Crippen LogP contribution is 2.27. The predicted molar refractivity (Wildman–Crippen MR) is 49.3 cm³/mol. The largest absolute Gasteiger partial charge is 0.334 e. The molecule has 0 heterocycles. The first-order chi connectivity index (χ1) is 6.65. The van der Waals surface area contributed by atoms with Crippen LogP contribution in [0.25, 0.3) is 0 Å². The molecule has 1 N–H and O–H groups in total. The Morgan fingerprint density at radius 2 is 2.21 bits per heavy atom. The fourth-order valence-electron chi connectivity index (χ4n) is 1.36. The Morgan fingerprint density at radius 3 is 2.64 bits per heavy atom. The molecule has 0 aromatic carbocycles. The summed E-state index contributed by atoms with van der Waals surface area (Å²) in [5.74, 6) is -0.165. The fraction of sp³-hybridized carbons (Fsp3) is 0.889. The Morgan fingerprint density at radius 1 is 1.57 bits per heavy atom. The molecule has 0 atom stereocenters. The molecule has 0 unspecified atom stereocenters. The smallest absolute Gasteiger partial charge is 0.255 e. The Labute approximate surface area is 82.5 Å². The maximum atomic E-state index is 12.1. The first-order valence-corrected chi connectivity index (χ1v) is 4.87. The zero-order valence-electron chi connectivity index (χ0n) is 8.30. The molecule has 1 amide bonds. The van der Waals surface area contributed by atoms with Gasteiger partial charge in [-0.25, -0.2) is 8.78 Å². The average Bonchev–Trinajstić information content (AvgIpc) is 2.93. The van der Waals surface area contributed by atoms with Crippen molar-refractivity contribution < 1.29 is 13.6 Å². The number of alkyl halides is 2. The average molecular weight is 206 g/mol. The Kier molecular flexibility index (Phi) is 4.25. The van der Waals surface area contributed by atoms with E-state index in [4.69, 9.17) is 0 Å². The second-order valence-electron chi connectivity index (χ2n) is 3.52. The number of carbonyl (C=O) groups excluding carboxylic acids is 1. The minimum atomic E-state index is -2.42. The van der Waals surface area contributed by atoms with E-state index < -0.39 is 13.0 Å². The van der Waals surface area contributed by atoms with Gasteiger partial charge in [0, 0.05) is 19.0 Å². The van der Waals surface area contributed by atoms with E-state index in [9.17, 15) is 13.6 Å². The lowest BCUT2D eigenvalue weighted by atomic mass is 10.3. The van der Waals surface area contributed by atoms with Gasteiger partial charge >= 0.3 is 0 Å². The number of hydrogen-bond donors (Lipinski definition) is 1. The molecule has 0 aromatic rings. The third-order valence-corrected chi connectivity index (χ3v) is 2.23.